The Labute approximate surface area is 104 Å². The fourth-order valence-electron chi connectivity index (χ4n) is 1.54. The van der Waals surface area contributed by atoms with Gasteiger partial charge in [-0.05, 0) is 34.0 Å². The van der Waals surface area contributed by atoms with Gasteiger partial charge in [-0.2, -0.15) is 0 Å². The van der Waals surface area contributed by atoms with Crippen molar-refractivity contribution in [2.24, 2.45) is 0 Å². The number of nitrogens with zero attached hydrogens (tertiary/aromatic N) is 4. The molecule has 0 amide bonds. The van der Waals surface area contributed by atoms with Gasteiger partial charge in [0, 0.05) is 20.1 Å². The van der Waals surface area contributed by atoms with Crippen molar-refractivity contribution in [3.8, 4) is 0 Å². The van der Waals surface area contributed by atoms with Crippen molar-refractivity contribution in [2.75, 3.05) is 51.0 Å². The molecule has 0 aliphatic carbocycles. The molecular formula is C12H23N5. The molecule has 5 nitrogen and oxygen atoms in total. The van der Waals surface area contributed by atoms with Crippen LogP contribution in [0.4, 0.5) is 11.6 Å². The largest absolute Gasteiger partial charge is 0.369 e. The zero-order valence-corrected chi connectivity index (χ0v) is 11.3. The van der Waals surface area contributed by atoms with Crippen LogP contribution < -0.4 is 10.2 Å². The maximum absolute atomic E-state index is 4.50. The highest BCUT2D eigenvalue weighted by Gasteiger charge is 2.04. The van der Waals surface area contributed by atoms with E-state index in [4.69, 9.17) is 0 Å². The number of rotatable bonds is 7. The quantitative estimate of drug-likeness (QED) is 0.774. The minimum atomic E-state index is 0.837. The Bertz CT molecular complexity index is 326. The predicted molar refractivity (Wildman–Crippen MR) is 72.6 cm³/mol. The van der Waals surface area contributed by atoms with Gasteiger partial charge in [0.1, 0.15) is 11.6 Å². The molecule has 0 fully saturated rings. The molecule has 0 aliphatic heterocycles. The Morgan fingerprint density at radius 1 is 1.18 bits per heavy atom. The Morgan fingerprint density at radius 2 is 1.94 bits per heavy atom. The van der Waals surface area contributed by atoms with Crippen molar-refractivity contribution in [1.82, 2.24) is 14.9 Å². The number of nitrogens with one attached hydrogen (secondary N) is 1. The van der Waals surface area contributed by atoms with E-state index >= 15 is 0 Å². The predicted octanol–water partition coefficient (Wildman–Crippen LogP) is 1.30. The summed E-state index contributed by atoms with van der Waals surface area (Å²) in [5.74, 6) is 1.76. The highest BCUT2D eigenvalue weighted by atomic mass is 15.2. The lowest BCUT2D eigenvalue weighted by atomic mass is 10.4. The number of aromatic nitrogens is 2. The summed E-state index contributed by atoms with van der Waals surface area (Å²) in [4.78, 5) is 13.0. The third-order valence-electron chi connectivity index (χ3n) is 2.47. The fourth-order valence-corrected chi connectivity index (χ4v) is 1.54. The molecule has 1 heterocycles. The van der Waals surface area contributed by atoms with E-state index in [0.29, 0.717) is 0 Å². The van der Waals surface area contributed by atoms with Crippen LogP contribution in [0.5, 0.6) is 0 Å². The van der Waals surface area contributed by atoms with Gasteiger partial charge in [-0.1, -0.05) is 0 Å². The topological polar surface area (TPSA) is 44.3 Å². The normalized spacial score (nSPS) is 10.6. The van der Waals surface area contributed by atoms with Crippen LogP contribution in [0.15, 0.2) is 12.4 Å². The van der Waals surface area contributed by atoms with Gasteiger partial charge >= 0.3 is 0 Å². The van der Waals surface area contributed by atoms with Gasteiger partial charge < -0.3 is 15.1 Å². The lowest BCUT2D eigenvalue weighted by Gasteiger charge is -2.19. The van der Waals surface area contributed by atoms with Crippen molar-refractivity contribution >= 4 is 11.6 Å². The van der Waals surface area contributed by atoms with Crippen LogP contribution in [0.3, 0.4) is 0 Å². The first kappa shape index (κ1) is 13.7. The highest BCUT2D eigenvalue weighted by molar-refractivity contribution is 5.42. The number of hydrogen-bond acceptors (Lipinski definition) is 5. The molecule has 1 aromatic rings. The molecule has 1 aromatic heterocycles. The second-order valence-electron chi connectivity index (χ2n) is 4.37. The smallest absolute Gasteiger partial charge is 0.149 e. The van der Waals surface area contributed by atoms with E-state index in [1.54, 1.807) is 12.4 Å². The zero-order valence-electron chi connectivity index (χ0n) is 11.3. The monoisotopic (exact) mass is 237 g/mol. The average molecular weight is 237 g/mol. The van der Waals surface area contributed by atoms with E-state index in [1.165, 1.54) is 0 Å². The van der Waals surface area contributed by atoms with Crippen LogP contribution in [-0.2, 0) is 0 Å². The van der Waals surface area contributed by atoms with Crippen LogP contribution in [-0.4, -0.2) is 55.6 Å². The molecule has 1 N–H and O–H groups in total. The molecule has 5 heteroatoms. The summed E-state index contributed by atoms with van der Waals surface area (Å²) in [6.45, 7) is 4.99. The molecular weight excluding hydrogens is 214 g/mol. The second-order valence-corrected chi connectivity index (χ2v) is 4.37. The van der Waals surface area contributed by atoms with E-state index in [-0.39, 0.29) is 0 Å². The van der Waals surface area contributed by atoms with Crippen molar-refractivity contribution in [3.05, 3.63) is 12.4 Å². The SMILES string of the molecule is CCNc1cncc(N(C)CCCN(C)C)n1. The van der Waals surface area contributed by atoms with Crippen molar-refractivity contribution in [2.45, 2.75) is 13.3 Å². The van der Waals surface area contributed by atoms with Crippen LogP contribution in [0.2, 0.25) is 0 Å². The summed E-state index contributed by atoms with van der Waals surface area (Å²) in [5.41, 5.74) is 0. The van der Waals surface area contributed by atoms with Crippen LogP contribution in [0.1, 0.15) is 13.3 Å². The molecule has 17 heavy (non-hydrogen) atoms. The van der Waals surface area contributed by atoms with E-state index in [1.807, 2.05) is 0 Å². The second kappa shape index (κ2) is 7.06. The molecule has 96 valence electrons. The van der Waals surface area contributed by atoms with Gasteiger partial charge in [0.25, 0.3) is 0 Å². The van der Waals surface area contributed by atoms with Crippen LogP contribution in [0.25, 0.3) is 0 Å². The van der Waals surface area contributed by atoms with Gasteiger partial charge in [0.2, 0.25) is 0 Å². The van der Waals surface area contributed by atoms with Gasteiger partial charge in [-0.25, -0.2) is 4.98 Å². The minimum Gasteiger partial charge on any atom is -0.369 e. The average Bonchev–Trinajstić information content (AvgIpc) is 2.29. The third-order valence-corrected chi connectivity index (χ3v) is 2.47. The third kappa shape index (κ3) is 4.99. The minimum absolute atomic E-state index is 0.837. The molecule has 0 bridgehead atoms. The Morgan fingerprint density at radius 3 is 2.59 bits per heavy atom. The molecule has 0 aromatic carbocycles. The molecule has 0 spiro atoms. The summed E-state index contributed by atoms with van der Waals surface area (Å²) in [7, 11) is 6.23. The highest BCUT2D eigenvalue weighted by Crippen LogP contribution is 2.10. The van der Waals surface area contributed by atoms with Crippen molar-refractivity contribution < 1.29 is 0 Å². The maximum atomic E-state index is 4.50. The standard InChI is InChI=1S/C12H23N5/c1-5-14-11-9-13-10-12(15-11)17(4)8-6-7-16(2)3/h9-10H,5-8H2,1-4H3,(H,14,15). The van der Waals surface area contributed by atoms with E-state index in [2.05, 4.69) is 53.2 Å². The molecule has 0 aliphatic rings. The molecule has 1 rings (SSSR count). The van der Waals surface area contributed by atoms with Crippen LogP contribution in [0, 0.1) is 0 Å². The summed E-state index contributed by atoms with van der Waals surface area (Å²) in [6.07, 6.45) is 4.67. The lowest BCUT2D eigenvalue weighted by Crippen LogP contribution is -2.24. The number of hydrogen-bond donors (Lipinski definition) is 1. The first-order chi connectivity index (χ1) is 8.13. The fraction of sp³-hybridized carbons (Fsp3) is 0.667. The summed E-state index contributed by atoms with van der Waals surface area (Å²) >= 11 is 0. The van der Waals surface area contributed by atoms with E-state index in [0.717, 1.165) is 37.7 Å². The van der Waals surface area contributed by atoms with Crippen LogP contribution >= 0.6 is 0 Å². The first-order valence-corrected chi connectivity index (χ1v) is 6.05. The Hall–Kier alpha value is -1.36. The van der Waals surface area contributed by atoms with Crippen molar-refractivity contribution in [3.63, 3.8) is 0 Å². The first-order valence-electron chi connectivity index (χ1n) is 6.05. The number of anilines is 2. The Balaban J connectivity index is 2.50. The molecule has 0 radical (unpaired) electrons. The van der Waals surface area contributed by atoms with Gasteiger partial charge in [-0.3, -0.25) is 4.98 Å². The summed E-state index contributed by atoms with van der Waals surface area (Å²) in [5, 5.41) is 3.17. The molecule has 0 saturated carbocycles. The van der Waals surface area contributed by atoms with Gasteiger partial charge in [0.15, 0.2) is 0 Å². The lowest BCUT2D eigenvalue weighted by molar-refractivity contribution is 0.401. The molecule has 0 atom stereocenters. The Kier molecular flexibility index (Phi) is 5.69. The molecule has 0 unspecified atom stereocenters. The van der Waals surface area contributed by atoms with Crippen molar-refractivity contribution in [1.29, 1.82) is 0 Å². The van der Waals surface area contributed by atoms with Gasteiger partial charge in [-0.15, -0.1) is 0 Å². The summed E-state index contributed by atoms with van der Waals surface area (Å²) < 4.78 is 0. The zero-order chi connectivity index (χ0) is 12.7. The van der Waals surface area contributed by atoms with Gasteiger partial charge in [0.05, 0.1) is 12.4 Å². The maximum Gasteiger partial charge on any atom is 0.149 e. The molecule has 0 saturated heterocycles. The summed E-state index contributed by atoms with van der Waals surface area (Å²) in [6, 6.07) is 0. The van der Waals surface area contributed by atoms with E-state index < -0.39 is 0 Å². The van der Waals surface area contributed by atoms with E-state index in [9.17, 15) is 0 Å².